The number of nitrogens with one attached hydrogen (secondary N) is 1. The van der Waals surface area contributed by atoms with E-state index in [2.05, 4.69) is 5.32 Å². The van der Waals surface area contributed by atoms with Crippen molar-refractivity contribution in [1.82, 2.24) is 0 Å². The number of aliphatic hydroxyl groups is 2. The largest absolute Gasteiger partial charge is 0.493 e. The van der Waals surface area contributed by atoms with Gasteiger partial charge < -0.3 is 25.0 Å². The fraction of sp³-hybridized carbons (Fsp3) is 0.455. The van der Waals surface area contributed by atoms with Crippen molar-refractivity contribution >= 4 is 11.4 Å². The minimum Gasteiger partial charge on any atom is -0.493 e. The molecule has 0 radical (unpaired) electrons. The van der Waals surface area contributed by atoms with Crippen molar-refractivity contribution in [3.8, 4) is 11.5 Å². The summed E-state index contributed by atoms with van der Waals surface area (Å²) in [7, 11) is 2.78. The van der Waals surface area contributed by atoms with Gasteiger partial charge in [0.15, 0.2) is 11.5 Å². The molecule has 0 atom stereocenters. The Kier molecular flexibility index (Phi) is 5.34. The molecule has 0 spiro atoms. The van der Waals surface area contributed by atoms with Gasteiger partial charge >= 0.3 is 0 Å². The van der Waals surface area contributed by atoms with Gasteiger partial charge in [-0.3, -0.25) is 10.1 Å². The lowest BCUT2D eigenvalue weighted by molar-refractivity contribution is -0.384. The summed E-state index contributed by atoms with van der Waals surface area (Å²) in [5.41, 5.74) is -0.0969. The monoisotopic (exact) mass is 272 g/mol. The molecule has 3 N–H and O–H groups in total. The Morgan fingerprint density at radius 2 is 1.79 bits per heavy atom. The van der Waals surface area contributed by atoms with E-state index >= 15 is 0 Å². The molecule has 8 heteroatoms. The third kappa shape index (κ3) is 3.46. The van der Waals surface area contributed by atoms with Gasteiger partial charge in [0, 0.05) is 6.07 Å². The van der Waals surface area contributed by atoms with Gasteiger partial charge in [-0.25, -0.2) is 0 Å². The fourth-order valence-corrected chi connectivity index (χ4v) is 1.50. The van der Waals surface area contributed by atoms with E-state index in [1.54, 1.807) is 0 Å². The highest BCUT2D eigenvalue weighted by molar-refractivity contribution is 5.68. The molecule has 0 saturated heterocycles. The molecule has 0 heterocycles. The van der Waals surface area contributed by atoms with Crippen molar-refractivity contribution in [2.24, 2.45) is 0 Å². The van der Waals surface area contributed by atoms with Crippen LogP contribution in [-0.2, 0) is 0 Å². The molecule has 0 aromatic heterocycles. The number of hydrogen-bond acceptors (Lipinski definition) is 7. The summed E-state index contributed by atoms with van der Waals surface area (Å²) in [5.74, 6) is 0.537. The number of nitro groups is 1. The standard InChI is InChI=1S/C11H16N2O6/c1-18-10-3-8(12-7(5-14)6-15)9(13(16)17)4-11(10)19-2/h3-4,7,12,14-15H,5-6H2,1-2H3. The van der Waals surface area contributed by atoms with Gasteiger partial charge in [-0.2, -0.15) is 0 Å². The van der Waals surface area contributed by atoms with Crippen molar-refractivity contribution in [2.45, 2.75) is 6.04 Å². The summed E-state index contributed by atoms with van der Waals surface area (Å²) < 4.78 is 10.0. The van der Waals surface area contributed by atoms with E-state index in [9.17, 15) is 10.1 Å². The number of benzene rings is 1. The van der Waals surface area contributed by atoms with Crippen LogP contribution >= 0.6 is 0 Å². The van der Waals surface area contributed by atoms with Crippen LogP contribution in [0.3, 0.4) is 0 Å². The summed E-state index contributed by atoms with van der Waals surface area (Å²) in [6, 6.07) is 1.90. The second-order valence-electron chi connectivity index (χ2n) is 3.69. The lowest BCUT2D eigenvalue weighted by Crippen LogP contribution is -2.28. The molecular weight excluding hydrogens is 256 g/mol. The maximum atomic E-state index is 11.0. The Labute approximate surface area is 109 Å². The van der Waals surface area contributed by atoms with Gasteiger partial charge in [-0.1, -0.05) is 0 Å². The van der Waals surface area contributed by atoms with Crippen molar-refractivity contribution in [1.29, 1.82) is 0 Å². The highest BCUT2D eigenvalue weighted by atomic mass is 16.6. The summed E-state index contributed by atoms with van der Waals surface area (Å²) in [6.07, 6.45) is 0. The Morgan fingerprint density at radius 3 is 2.21 bits per heavy atom. The maximum Gasteiger partial charge on any atom is 0.296 e. The third-order valence-electron chi connectivity index (χ3n) is 2.50. The van der Waals surface area contributed by atoms with E-state index in [0.29, 0.717) is 5.75 Å². The van der Waals surface area contributed by atoms with Gasteiger partial charge in [0.25, 0.3) is 5.69 Å². The SMILES string of the molecule is COc1cc(NC(CO)CO)c([N+](=O)[O-])cc1OC. The first-order chi connectivity index (χ1) is 9.07. The van der Waals surface area contributed by atoms with E-state index in [1.165, 1.54) is 26.4 Å². The zero-order valence-corrected chi connectivity index (χ0v) is 10.6. The first-order valence-corrected chi connectivity index (χ1v) is 5.46. The average Bonchev–Trinajstić information content (AvgIpc) is 2.43. The van der Waals surface area contributed by atoms with Gasteiger partial charge in [0.2, 0.25) is 0 Å². The molecule has 0 unspecified atom stereocenters. The molecule has 1 rings (SSSR count). The second-order valence-corrected chi connectivity index (χ2v) is 3.69. The predicted octanol–water partition coefficient (Wildman–Crippen LogP) is 0.377. The predicted molar refractivity (Wildman–Crippen MR) is 67.8 cm³/mol. The number of ether oxygens (including phenoxy) is 2. The molecule has 0 aliphatic heterocycles. The van der Waals surface area contributed by atoms with Crippen LogP contribution in [0.15, 0.2) is 12.1 Å². The molecule has 0 fully saturated rings. The number of hydrogen-bond donors (Lipinski definition) is 3. The third-order valence-corrected chi connectivity index (χ3v) is 2.50. The van der Waals surface area contributed by atoms with Gasteiger partial charge in [0.05, 0.1) is 44.5 Å². The molecule has 1 aromatic rings. The molecule has 19 heavy (non-hydrogen) atoms. The van der Waals surface area contributed by atoms with Crippen LogP contribution in [0.4, 0.5) is 11.4 Å². The second kappa shape index (κ2) is 6.76. The Balaban J connectivity index is 3.23. The zero-order valence-electron chi connectivity index (χ0n) is 10.6. The first kappa shape index (κ1) is 15.0. The zero-order chi connectivity index (χ0) is 14.4. The first-order valence-electron chi connectivity index (χ1n) is 5.46. The van der Waals surface area contributed by atoms with Crippen molar-refractivity contribution in [2.75, 3.05) is 32.8 Å². The Hall–Kier alpha value is -2.06. The van der Waals surface area contributed by atoms with Crippen LogP contribution in [0.5, 0.6) is 11.5 Å². The van der Waals surface area contributed by atoms with Crippen LogP contribution < -0.4 is 14.8 Å². The van der Waals surface area contributed by atoms with E-state index in [1.807, 2.05) is 0 Å². The Bertz CT molecular complexity index is 447. The molecule has 0 saturated carbocycles. The topological polar surface area (TPSA) is 114 Å². The van der Waals surface area contributed by atoms with Crippen molar-refractivity contribution in [3.05, 3.63) is 22.2 Å². The summed E-state index contributed by atoms with van der Waals surface area (Å²) in [4.78, 5) is 10.4. The van der Waals surface area contributed by atoms with Crippen LogP contribution in [-0.4, -0.2) is 48.6 Å². The van der Waals surface area contributed by atoms with Gasteiger partial charge in [-0.15, -0.1) is 0 Å². The average molecular weight is 272 g/mol. The lowest BCUT2D eigenvalue weighted by Gasteiger charge is -2.16. The molecule has 0 bridgehead atoms. The highest BCUT2D eigenvalue weighted by Crippen LogP contribution is 2.37. The van der Waals surface area contributed by atoms with E-state index in [4.69, 9.17) is 19.7 Å². The number of rotatable bonds is 7. The molecule has 0 amide bonds. The molecule has 106 valence electrons. The molecule has 0 aliphatic rings. The smallest absolute Gasteiger partial charge is 0.296 e. The summed E-state index contributed by atoms with van der Waals surface area (Å²) >= 11 is 0. The quantitative estimate of drug-likeness (QED) is 0.485. The van der Waals surface area contributed by atoms with Crippen molar-refractivity contribution in [3.63, 3.8) is 0 Å². The van der Waals surface area contributed by atoms with Crippen molar-refractivity contribution < 1.29 is 24.6 Å². The number of anilines is 1. The molecule has 0 aliphatic carbocycles. The van der Waals surface area contributed by atoms with E-state index < -0.39 is 11.0 Å². The van der Waals surface area contributed by atoms with Gasteiger partial charge in [-0.05, 0) is 0 Å². The molecule has 1 aromatic carbocycles. The number of nitrogens with zero attached hydrogens (tertiary/aromatic N) is 1. The number of aliphatic hydroxyl groups excluding tert-OH is 2. The molecule has 8 nitrogen and oxygen atoms in total. The Morgan fingerprint density at radius 1 is 1.26 bits per heavy atom. The van der Waals surface area contributed by atoms with Crippen LogP contribution in [0.25, 0.3) is 0 Å². The van der Waals surface area contributed by atoms with Gasteiger partial charge in [0.1, 0.15) is 5.69 Å². The van der Waals surface area contributed by atoms with E-state index in [-0.39, 0.29) is 30.3 Å². The number of methoxy groups -OCH3 is 2. The summed E-state index contributed by atoms with van der Waals surface area (Å²) in [6.45, 7) is -0.718. The minimum absolute atomic E-state index is 0.135. The van der Waals surface area contributed by atoms with Crippen LogP contribution in [0, 0.1) is 10.1 Å². The van der Waals surface area contributed by atoms with E-state index in [0.717, 1.165) is 0 Å². The highest BCUT2D eigenvalue weighted by Gasteiger charge is 2.21. The number of nitro benzene ring substituents is 1. The van der Waals surface area contributed by atoms with Crippen LogP contribution in [0.2, 0.25) is 0 Å². The minimum atomic E-state index is -0.697. The van der Waals surface area contributed by atoms with Crippen LogP contribution in [0.1, 0.15) is 0 Å². The summed E-state index contributed by atoms with van der Waals surface area (Å²) in [5, 5.41) is 31.7. The fourth-order valence-electron chi connectivity index (χ4n) is 1.50. The normalized spacial score (nSPS) is 10.4. The maximum absolute atomic E-state index is 11.0. The lowest BCUT2D eigenvalue weighted by atomic mass is 10.2. The molecular formula is C11H16N2O6.